The van der Waals surface area contributed by atoms with E-state index in [1.54, 1.807) is 0 Å². The first-order valence-electron chi connectivity index (χ1n) is 7.17. The van der Waals surface area contributed by atoms with Gasteiger partial charge in [0.05, 0.1) is 12.3 Å². The zero-order valence-corrected chi connectivity index (χ0v) is 13.3. The molecule has 3 heteroatoms. The molecule has 0 aliphatic heterocycles. The molecule has 1 heterocycles. The quantitative estimate of drug-likeness (QED) is 0.591. The fourth-order valence-electron chi connectivity index (χ4n) is 1.99. The van der Waals surface area contributed by atoms with Crippen LogP contribution in [-0.2, 0) is 12.3 Å². The van der Waals surface area contributed by atoms with Gasteiger partial charge in [-0.2, -0.15) is 0 Å². The summed E-state index contributed by atoms with van der Waals surface area (Å²) >= 11 is 1.84. The number of nitrogens with one attached hydrogen (secondary N) is 1. The maximum atomic E-state index is 5.84. The van der Waals surface area contributed by atoms with Gasteiger partial charge in [0, 0.05) is 4.90 Å². The van der Waals surface area contributed by atoms with E-state index in [1.807, 2.05) is 11.8 Å². The van der Waals surface area contributed by atoms with E-state index >= 15 is 0 Å². The average molecular weight is 289 g/mol. The topological polar surface area (TPSA) is 25.2 Å². The normalized spacial score (nSPS) is 10.9. The first-order valence-corrected chi connectivity index (χ1v) is 8.16. The van der Waals surface area contributed by atoms with E-state index in [0.29, 0.717) is 0 Å². The Morgan fingerprint density at radius 3 is 2.70 bits per heavy atom. The van der Waals surface area contributed by atoms with Gasteiger partial charge in [-0.15, -0.1) is 11.8 Å². The standard InChI is InChI=1S/C17H23NOS/c1-4-9-18-11-15-7-8-16(19-15)12-20-17-10-13(2)5-6-14(17)3/h5-8,10,18H,4,9,11-12H2,1-3H3. The second kappa shape index (κ2) is 7.55. The molecule has 20 heavy (non-hydrogen) atoms. The first kappa shape index (κ1) is 15.2. The fraction of sp³-hybridized carbons (Fsp3) is 0.412. The summed E-state index contributed by atoms with van der Waals surface area (Å²) in [6, 6.07) is 10.7. The van der Waals surface area contributed by atoms with Crippen molar-refractivity contribution in [1.82, 2.24) is 5.32 Å². The molecule has 0 aliphatic rings. The van der Waals surface area contributed by atoms with Crippen LogP contribution in [-0.4, -0.2) is 6.54 Å². The lowest BCUT2D eigenvalue weighted by molar-refractivity contribution is 0.459. The van der Waals surface area contributed by atoms with Crippen LogP contribution in [0, 0.1) is 13.8 Å². The molecule has 0 saturated carbocycles. The van der Waals surface area contributed by atoms with Gasteiger partial charge in [-0.25, -0.2) is 0 Å². The Morgan fingerprint density at radius 2 is 1.90 bits per heavy atom. The number of hydrogen-bond donors (Lipinski definition) is 1. The smallest absolute Gasteiger partial charge is 0.118 e. The predicted octanol–water partition coefficient (Wildman–Crippen LogP) is 4.69. The van der Waals surface area contributed by atoms with Crippen molar-refractivity contribution >= 4 is 11.8 Å². The molecule has 0 fully saturated rings. The van der Waals surface area contributed by atoms with Gasteiger partial charge < -0.3 is 9.73 Å². The van der Waals surface area contributed by atoms with Crippen molar-refractivity contribution in [2.75, 3.05) is 6.54 Å². The SMILES string of the molecule is CCCNCc1ccc(CSc2cc(C)ccc2C)o1. The highest BCUT2D eigenvalue weighted by molar-refractivity contribution is 7.98. The Balaban J connectivity index is 1.89. The van der Waals surface area contributed by atoms with E-state index < -0.39 is 0 Å². The van der Waals surface area contributed by atoms with Gasteiger partial charge in [-0.1, -0.05) is 24.6 Å². The fourth-order valence-corrected chi connectivity index (χ4v) is 3.01. The van der Waals surface area contributed by atoms with Crippen molar-refractivity contribution in [3.05, 3.63) is 53.0 Å². The molecule has 1 aromatic heterocycles. The third-order valence-electron chi connectivity index (χ3n) is 3.16. The number of hydrogen-bond acceptors (Lipinski definition) is 3. The zero-order valence-electron chi connectivity index (χ0n) is 12.5. The minimum Gasteiger partial charge on any atom is -0.464 e. The number of benzene rings is 1. The minimum atomic E-state index is 0.821. The molecule has 108 valence electrons. The molecule has 2 nitrogen and oxygen atoms in total. The average Bonchev–Trinajstić information content (AvgIpc) is 2.88. The van der Waals surface area contributed by atoms with Crippen molar-refractivity contribution in [2.45, 2.75) is 44.4 Å². The van der Waals surface area contributed by atoms with Crippen LogP contribution < -0.4 is 5.32 Å². The van der Waals surface area contributed by atoms with Crippen molar-refractivity contribution in [3.63, 3.8) is 0 Å². The molecule has 0 aliphatic carbocycles. The zero-order chi connectivity index (χ0) is 14.4. The van der Waals surface area contributed by atoms with Crippen LogP contribution in [0.3, 0.4) is 0 Å². The number of aryl methyl sites for hydroxylation is 2. The molecule has 1 aromatic carbocycles. The van der Waals surface area contributed by atoms with E-state index in [9.17, 15) is 0 Å². The van der Waals surface area contributed by atoms with Crippen molar-refractivity contribution in [1.29, 1.82) is 0 Å². The summed E-state index contributed by atoms with van der Waals surface area (Å²) < 4.78 is 5.84. The second-order valence-corrected chi connectivity index (χ2v) is 6.12. The van der Waals surface area contributed by atoms with E-state index in [-0.39, 0.29) is 0 Å². The molecule has 2 aromatic rings. The van der Waals surface area contributed by atoms with Gasteiger partial charge in [0.25, 0.3) is 0 Å². The summed E-state index contributed by atoms with van der Waals surface area (Å²) in [5.74, 6) is 2.96. The van der Waals surface area contributed by atoms with E-state index in [2.05, 4.69) is 56.4 Å². The molecular formula is C17H23NOS. The number of rotatable bonds is 7. The monoisotopic (exact) mass is 289 g/mol. The molecule has 0 saturated heterocycles. The lowest BCUT2D eigenvalue weighted by Crippen LogP contribution is -2.12. The van der Waals surface area contributed by atoms with Crippen LogP contribution in [0.1, 0.15) is 36.0 Å². The van der Waals surface area contributed by atoms with Gasteiger partial charge in [0.15, 0.2) is 0 Å². The van der Waals surface area contributed by atoms with Crippen molar-refractivity contribution < 1.29 is 4.42 Å². The van der Waals surface area contributed by atoms with Crippen LogP contribution in [0.25, 0.3) is 0 Å². The largest absolute Gasteiger partial charge is 0.464 e. The Hall–Kier alpha value is -1.19. The Kier molecular flexibility index (Phi) is 5.74. The number of thioether (sulfide) groups is 1. The lowest BCUT2D eigenvalue weighted by Gasteiger charge is -2.05. The van der Waals surface area contributed by atoms with Gasteiger partial charge in [-0.3, -0.25) is 0 Å². The lowest BCUT2D eigenvalue weighted by atomic mass is 10.2. The summed E-state index contributed by atoms with van der Waals surface area (Å²) in [5.41, 5.74) is 2.64. The molecule has 2 rings (SSSR count). The Morgan fingerprint density at radius 1 is 1.10 bits per heavy atom. The molecule has 1 N–H and O–H groups in total. The highest BCUT2D eigenvalue weighted by atomic mass is 32.2. The van der Waals surface area contributed by atoms with Crippen molar-refractivity contribution in [3.8, 4) is 0 Å². The highest BCUT2D eigenvalue weighted by Gasteiger charge is 2.05. The van der Waals surface area contributed by atoms with Gasteiger partial charge in [0.2, 0.25) is 0 Å². The maximum absolute atomic E-state index is 5.84. The Bertz CT molecular complexity index is 548. The predicted molar refractivity (Wildman–Crippen MR) is 86.2 cm³/mol. The van der Waals surface area contributed by atoms with E-state index in [4.69, 9.17) is 4.42 Å². The van der Waals surface area contributed by atoms with Crippen LogP contribution in [0.2, 0.25) is 0 Å². The minimum absolute atomic E-state index is 0.821. The van der Waals surface area contributed by atoms with Gasteiger partial charge in [0.1, 0.15) is 11.5 Å². The second-order valence-electron chi connectivity index (χ2n) is 5.10. The van der Waals surface area contributed by atoms with E-state index in [1.165, 1.54) is 16.0 Å². The molecule has 0 unspecified atom stereocenters. The molecular weight excluding hydrogens is 266 g/mol. The van der Waals surface area contributed by atoms with Crippen LogP contribution in [0.4, 0.5) is 0 Å². The Labute approximate surface area is 126 Å². The highest BCUT2D eigenvalue weighted by Crippen LogP contribution is 2.27. The summed E-state index contributed by atoms with van der Waals surface area (Å²) in [7, 11) is 0. The molecule has 0 spiro atoms. The summed E-state index contributed by atoms with van der Waals surface area (Å²) in [6.45, 7) is 8.31. The molecule has 0 atom stereocenters. The summed E-state index contributed by atoms with van der Waals surface area (Å²) in [6.07, 6.45) is 1.15. The van der Waals surface area contributed by atoms with Crippen molar-refractivity contribution in [2.24, 2.45) is 0 Å². The van der Waals surface area contributed by atoms with Gasteiger partial charge >= 0.3 is 0 Å². The van der Waals surface area contributed by atoms with Crippen LogP contribution >= 0.6 is 11.8 Å². The summed E-state index contributed by atoms with van der Waals surface area (Å²) in [4.78, 5) is 1.34. The third-order valence-corrected chi connectivity index (χ3v) is 4.34. The van der Waals surface area contributed by atoms with Gasteiger partial charge in [-0.05, 0) is 50.6 Å². The molecule has 0 radical (unpaired) electrons. The van der Waals surface area contributed by atoms with Crippen LogP contribution in [0.5, 0.6) is 0 Å². The third kappa shape index (κ3) is 4.43. The first-order chi connectivity index (χ1) is 9.69. The molecule has 0 amide bonds. The molecule has 0 bridgehead atoms. The maximum Gasteiger partial charge on any atom is 0.118 e. The van der Waals surface area contributed by atoms with E-state index in [0.717, 1.165) is 36.8 Å². The van der Waals surface area contributed by atoms with Crippen LogP contribution in [0.15, 0.2) is 39.6 Å². The summed E-state index contributed by atoms with van der Waals surface area (Å²) in [5, 5.41) is 3.35. The number of furan rings is 1.